The normalized spacial score (nSPS) is 18.3. The number of aromatic nitrogens is 2. The minimum Gasteiger partial charge on any atom is -0.357 e. The largest absolute Gasteiger partial charge is 0.401 e. The predicted molar refractivity (Wildman–Crippen MR) is 114 cm³/mol. The quantitative estimate of drug-likeness (QED) is 0.388. The van der Waals surface area contributed by atoms with Crippen molar-refractivity contribution in [3.05, 3.63) is 30.1 Å². The van der Waals surface area contributed by atoms with Gasteiger partial charge in [0.05, 0.1) is 17.6 Å². The highest BCUT2D eigenvalue weighted by molar-refractivity contribution is 5.79. The number of aryl methyl sites for hydroxylation is 2. The molecule has 2 aromatic rings. The van der Waals surface area contributed by atoms with E-state index < -0.39 is 12.7 Å². The van der Waals surface area contributed by atoms with Gasteiger partial charge in [-0.25, -0.2) is 4.98 Å². The number of para-hydroxylation sites is 2. The summed E-state index contributed by atoms with van der Waals surface area (Å²) in [6.07, 6.45) is -2.46. The van der Waals surface area contributed by atoms with Crippen molar-refractivity contribution in [3.8, 4) is 0 Å². The van der Waals surface area contributed by atoms with Crippen LogP contribution in [0.5, 0.6) is 0 Å². The van der Waals surface area contributed by atoms with Gasteiger partial charge in [0.1, 0.15) is 5.82 Å². The molecule has 0 saturated carbocycles. The molecule has 30 heavy (non-hydrogen) atoms. The van der Waals surface area contributed by atoms with Gasteiger partial charge in [0, 0.05) is 32.7 Å². The zero-order valence-corrected chi connectivity index (χ0v) is 17.7. The molecule has 166 valence electrons. The van der Waals surface area contributed by atoms with Crippen molar-refractivity contribution in [2.24, 2.45) is 10.9 Å². The number of hydrogen-bond donors (Lipinski definition) is 2. The summed E-state index contributed by atoms with van der Waals surface area (Å²) in [5.74, 6) is 1.89. The van der Waals surface area contributed by atoms with Gasteiger partial charge >= 0.3 is 6.18 Å². The lowest BCUT2D eigenvalue weighted by molar-refractivity contribution is -0.143. The van der Waals surface area contributed by atoms with Gasteiger partial charge in [-0.3, -0.25) is 9.89 Å². The number of rotatable bonds is 8. The van der Waals surface area contributed by atoms with Crippen LogP contribution >= 0.6 is 0 Å². The van der Waals surface area contributed by atoms with E-state index in [1.54, 1.807) is 0 Å². The van der Waals surface area contributed by atoms with Gasteiger partial charge in [-0.15, -0.1) is 0 Å². The van der Waals surface area contributed by atoms with Gasteiger partial charge in [0.2, 0.25) is 0 Å². The highest BCUT2D eigenvalue weighted by atomic mass is 19.4. The number of aliphatic imine (C=N–C) groups is 1. The Balaban J connectivity index is 1.46. The number of guanidine groups is 1. The zero-order chi connectivity index (χ0) is 21.6. The molecule has 1 aliphatic rings. The number of fused-ring (bicyclic) bond motifs is 1. The number of nitrogens with one attached hydrogen (secondary N) is 2. The molecule has 0 bridgehead atoms. The topological polar surface area (TPSA) is 57.5 Å². The minimum atomic E-state index is -4.13. The number of hydrogen-bond acceptors (Lipinski definition) is 3. The lowest BCUT2D eigenvalue weighted by Crippen LogP contribution is -2.38. The molecule has 3 rings (SSSR count). The second-order valence-electron chi connectivity index (χ2n) is 7.80. The molecular weight excluding hydrogens is 393 g/mol. The first-order valence-electron chi connectivity index (χ1n) is 10.6. The molecule has 1 aliphatic heterocycles. The predicted octanol–water partition coefficient (Wildman–Crippen LogP) is 3.17. The Kier molecular flexibility index (Phi) is 7.58. The summed E-state index contributed by atoms with van der Waals surface area (Å²) in [4.78, 5) is 10.7. The molecule has 0 amide bonds. The Morgan fingerprint density at radius 1 is 1.27 bits per heavy atom. The Bertz CT molecular complexity index is 845. The molecule has 1 aromatic heterocycles. The summed E-state index contributed by atoms with van der Waals surface area (Å²) >= 11 is 0. The number of nitrogens with zero attached hydrogens (tertiary/aromatic N) is 4. The average molecular weight is 425 g/mol. The molecule has 1 unspecified atom stereocenters. The SMILES string of the molecule is CCNC(=NCC1CCN(CC(F)(F)F)C1)NCCCn1c(C)nc2ccccc21. The van der Waals surface area contributed by atoms with Crippen LogP contribution in [0.3, 0.4) is 0 Å². The Labute approximate surface area is 175 Å². The lowest BCUT2D eigenvalue weighted by atomic mass is 10.1. The lowest BCUT2D eigenvalue weighted by Gasteiger charge is -2.17. The third-order valence-electron chi connectivity index (χ3n) is 5.32. The summed E-state index contributed by atoms with van der Waals surface area (Å²) < 4.78 is 39.8. The molecule has 2 N–H and O–H groups in total. The van der Waals surface area contributed by atoms with Crippen LogP contribution in [0.4, 0.5) is 13.2 Å². The second kappa shape index (κ2) is 10.1. The molecule has 6 nitrogen and oxygen atoms in total. The highest BCUT2D eigenvalue weighted by Gasteiger charge is 2.34. The molecule has 2 heterocycles. The molecule has 1 atom stereocenters. The average Bonchev–Trinajstić information content (AvgIpc) is 3.25. The van der Waals surface area contributed by atoms with E-state index in [1.807, 2.05) is 32.0 Å². The smallest absolute Gasteiger partial charge is 0.357 e. The van der Waals surface area contributed by atoms with Crippen LogP contribution in [0.1, 0.15) is 25.6 Å². The number of halogens is 3. The maximum absolute atomic E-state index is 12.5. The summed E-state index contributed by atoms with van der Waals surface area (Å²) in [6, 6.07) is 8.11. The molecular formula is C21H31F3N6. The van der Waals surface area contributed by atoms with E-state index in [4.69, 9.17) is 0 Å². The van der Waals surface area contributed by atoms with Gasteiger partial charge in [-0.2, -0.15) is 13.2 Å². The molecule has 1 saturated heterocycles. The standard InChI is InChI=1S/C21H31F3N6/c1-3-25-20(27-13-17-9-12-29(14-17)15-21(22,23)24)26-10-6-11-30-16(2)28-18-7-4-5-8-19(18)30/h4-5,7-8,17H,3,6,9-15H2,1-2H3,(H2,25,26,27). The summed E-state index contributed by atoms with van der Waals surface area (Å²) in [6.45, 7) is 7.01. The molecule has 0 aliphatic carbocycles. The number of imidazole rings is 1. The zero-order valence-electron chi connectivity index (χ0n) is 17.7. The minimum absolute atomic E-state index is 0.169. The van der Waals surface area contributed by atoms with Gasteiger partial charge in [0.15, 0.2) is 5.96 Å². The summed E-state index contributed by atoms with van der Waals surface area (Å²) in [5, 5.41) is 6.55. The summed E-state index contributed by atoms with van der Waals surface area (Å²) in [5.41, 5.74) is 2.15. The Morgan fingerprint density at radius 3 is 2.83 bits per heavy atom. The third kappa shape index (κ3) is 6.35. The van der Waals surface area contributed by atoms with E-state index in [1.165, 1.54) is 4.90 Å². The third-order valence-corrected chi connectivity index (χ3v) is 5.32. The van der Waals surface area contributed by atoms with Gasteiger partial charge in [-0.05, 0) is 51.3 Å². The van der Waals surface area contributed by atoms with Crippen LogP contribution in [0.25, 0.3) is 11.0 Å². The van der Waals surface area contributed by atoms with Crippen molar-refractivity contribution >= 4 is 17.0 Å². The molecule has 1 fully saturated rings. The Morgan fingerprint density at radius 2 is 2.07 bits per heavy atom. The van der Waals surface area contributed by atoms with E-state index in [0.29, 0.717) is 19.6 Å². The van der Waals surface area contributed by atoms with Crippen molar-refractivity contribution < 1.29 is 13.2 Å². The first-order valence-corrected chi connectivity index (χ1v) is 10.6. The fourth-order valence-corrected chi connectivity index (χ4v) is 3.94. The van der Waals surface area contributed by atoms with Crippen LogP contribution in [-0.2, 0) is 6.54 Å². The van der Waals surface area contributed by atoms with Crippen LogP contribution in [0.15, 0.2) is 29.3 Å². The van der Waals surface area contributed by atoms with Crippen LogP contribution in [0.2, 0.25) is 0 Å². The van der Waals surface area contributed by atoms with E-state index in [0.717, 1.165) is 55.3 Å². The van der Waals surface area contributed by atoms with Crippen LogP contribution < -0.4 is 10.6 Å². The monoisotopic (exact) mass is 424 g/mol. The van der Waals surface area contributed by atoms with Crippen LogP contribution in [0, 0.1) is 12.8 Å². The first-order chi connectivity index (χ1) is 14.4. The van der Waals surface area contributed by atoms with Gasteiger partial charge in [0.25, 0.3) is 0 Å². The maximum atomic E-state index is 12.5. The van der Waals surface area contributed by atoms with Crippen molar-refractivity contribution in [3.63, 3.8) is 0 Å². The first kappa shape index (κ1) is 22.4. The molecule has 0 spiro atoms. The fraction of sp³-hybridized carbons (Fsp3) is 0.619. The van der Waals surface area contributed by atoms with Crippen molar-refractivity contribution in [1.82, 2.24) is 25.1 Å². The van der Waals surface area contributed by atoms with Gasteiger partial charge < -0.3 is 15.2 Å². The van der Waals surface area contributed by atoms with Crippen molar-refractivity contribution in [1.29, 1.82) is 0 Å². The van der Waals surface area contributed by atoms with Gasteiger partial charge in [-0.1, -0.05) is 12.1 Å². The van der Waals surface area contributed by atoms with E-state index in [9.17, 15) is 13.2 Å². The van der Waals surface area contributed by atoms with Crippen molar-refractivity contribution in [2.75, 3.05) is 39.3 Å². The highest BCUT2D eigenvalue weighted by Crippen LogP contribution is 2.22. The fourth-order valence-electron chi connectivity index (χ4n) is 3.94. The van der Waals surface area contributed by atoms with Crippen LogP contribution in [-0.4, -0.2) is 65.9 Å². The van der Waals surface area contributed by atoms with E-state index >= 15 is 0 Å². The van der Waals surface area contributed by atoms with E-state index in [2.05, 4.69) is 31.2 Å². The number of benzene rings is 1. The second-order valence-corrected chi connectivity index (χ2v) is 7.80. The number of alkyl halides is 3. The molecule has 9 heteroatoms. The van der Waals surface area contributed by atoms with E-state index in [-0.39, 0.29) is 5.92 Å². The van der Waals surface area contributed by atoms with Crippen molar-refractivity contribution in [2.45, 2.75) is 39.4 Å². The maximum Gasteiger partial charge on any atom is 0.401 e. The number of likely N-dealkylation sites (tertiary alicyclic amines) is 1. The summed E-state index contributed by atoms with van der Waals surface area (Å²) in [7, 11) is 0. The Hall–Kier alpha value is -2.29. The molecule has 1 aromatic carbocycles. The molecule has 0 radical (unpaired) electrons.